The van der Waals surface area contributed by atoms with Crippen molar-refractivity contribution in [3.63, 3.8) is 0 Å². The van der Waals surface area contributed by atoms with Gasteiger partial charge in [0.1, 0.15) is 24.4 Å². The zero-order valence-corrected chi connectivity index (χ0v) is 29.3. The number of phenols is 1. The van der Waals surface area contributed by atoms with E-state index >= 15 is 0 Å². The maximum absolute atomic E-state index is 14.9. The van der Waals surface area contributed by atoms with Crippen LogP contribution in [0.2, 0.25) is 0 Å². The van der Waals surface area contributed by atoms with Gasteiger partial charge in [-0.1, -0.05) is 120 Å². The highest BCUT2D eigenvalue weighted by molar-refractivity contribution is 8.76. The van der Waals surface area contributed by atoms with Crippen molar-refractivity contribution in [2.24, 2.45) is 5.73 Å². The number of rotatable bonds is 8. The van der Waals surface area contributed by atoms with Gasteiger partial charge in [0, 0.05) is 37.4 Å². The van der Waals surface area contributed by atoms with E-state index in [9.17, 15) is 19.5 Å². The Bertz CT molecular complexity index is 1390. The van der Waals surface area contributed by atoms with Gasteiger partial charge in [-0.25, -0.2) is 4.79 Å². The highest BCUT2D eigenvalue weighted by Crippen LogP contribution is 2.26. The van der Waals surface area contributed by atoms with Crippen LogP contribution in [-0.2, 0) is 33.8 Å². The van der Waals surface area contributed by atoms with Crippen LogP contribution in [0.15, 0.2) is 84.9 Å². The molecule has 2 atom stereocenters. The van der Waals surface area contributed by atoms with E-state index in [2.05, 4.69) is 0 Å². The standard InChI is InChI=1S/C38H49N3O5S2/c39-36(43)34(27-31-19-21-33(42)22-20-31)40-23-11-1-3-13-25-47-48-26-14-4-2-12-24-41(38(45)46-29-32-17-9-6-10-18-32)35(37(40)44)28-30-15-7-5-8-16-30/h5-10,15-22,34-35,42H,1-4,11-14,23-29H2,(H2,39,43). The molecule has 0 aliphatic carbocycles. The number of nitrogens with two attached hydrogens (primary N) is 1. The molecule has 0 aromatic heterocycles. The van der Waals surface area contributed by atoms with Gasteiger partial charge in [-0.15, -0.1) is 0 Å². The Labute approximate surface area is 293 Å². The number of carbonyl (C=O) groups is 3. The van der Waals surface area contributed by atoms with Crippen LogP contribution in [0.3, 0.4) is 0 Å². The largest absolute Gasteiger partial charge is 0.508 e. The van der Waals surface area contributed by atoms with E-state index in [1.165, 1.54) is 0 Å². The highest BCUT2D eigenvalue weighted by atomic mass is 33.1. The number of hydrogen-bond acceptors (Lipinski definition) is 7. The summed E-state index contributed by atoms with van der Waals surface area (Å²) in [6.45, 7) is 0.780. The smallest absolute Gasteiger partial charge is 0.410 e. The Kier molecular flexibility index (Phi) is 16.0. The molecule has 48 heavy (non-hydrogen) atoms. The maximum atomic E-state index is 14.9. The molecule has 0 radical (unpaired) electrons. The summed E-state index contributed by atoms with van der Waals surface area (Å²) in [4.78, 5) is 45.3. The van der Waals surface area contributed by atoms with Crippen molar-refractivity contribution in [1.82, 2.24) is 9.80 Å². The molecule has 1 aliphatic heterocycles. The van der Waals surface area contributed by atoms with Gasteiger partial charge in [0.15, 0.2) is 0 Å². The second kappa shape index (κ2) is 20.7. The number of phenolic OH excluding ortho intramolecular Hbond substituents is 1. The molecule has 4 rings (SSSR count). The molecule has 10 heteroatoms. The maximum Gasteiger partial charge on any atom is 0.410 e. The second-order valence-corrected chi connectivity index (χ2v) is 14.9. The van der Waals surface area contributed by atoms with E-state index in [-0.39, 0.29) is 31.1 Å². The summed E-state index contributed by atoms with van der Waals surface area (Å²) in [7, 11) is 3.85. The SMILES string of the molecule is NC(=O)C(Cc1ccc(O)cc1)N1CCCCCCSSCCCCCCN(C(=O)OCc2ccccc2)C(Cc2ccccc2)C1=O. The van der Waals surface area contributed by atoms with Crippen molar-refractivity contribution >= 4 is 39.5 Å². The van der Waals surface area contributed by atoms with Gasteiger partial charge >= 0.3 is 6.09 Å². The molecule has 1 aliphatic rings. The highest BCUT2D eigenvalue weighted by Gasteiger charge is 2.38. The lowest BCUT2D eigenvalue weighted by atomic mass is 9.98. The first-order valence-corrected chi connectivity index (χ1v) is 19.5. The molecule has 0 saturated carbocycles. The molecule has 258 valence electrons. The molecule has 3 aromatic rings. The Morgan fingerprint density at radius 2 is 1.31 bits per heavy atom. The van der Waals surface area contributed by atoms with Crippen molar-refractivity contribution in [2.75, 3.05) is 24.6 Å². The molecule has 3 N–H and O–H groups in total. The van der Waals surface area contributed by atoms with E-state index in [0.717, 1.165) is 73.1 Å². The fraction of sp³-hybridized carbons (Fsp3) is 0.447. The fourth-order valence-electron chi connectivity index (χ4n) is 5.89. The number of carbonyl (C=O) groups excluding carboxylic acids is 3. The average molecular weight is 692 g/mol. The van der Waals surface area contributed by atoms with E-state index in [1.807, 2.05) is 82.3 Å². The first-order valence-electron chi connectivity index (χ1n) is 17.1. The number of amides is 3. The predicted octanol–water partition coefficient (Wildman–Crippen LogP) is 7.38. The van der Waals surface area contributed by atoms with Crippen molar-refractivity contribution in [2.45, 2.75) is 82.9 Å². The average Bonchev–Trinajstić information content (AvgIpc) is 3.10. The third-order valence-electron chi connectivity index (χ3n) is 8.56. The molecule has 1 heterocycles. The van der Waals surface area contributed by atoms with E-state index in [1.54, 1.807) is 34.1 Å². The van der Waals surface area contributed by atoms with Crippen molar-refractivity contribution in [3.8, 4) is 5.75 Å². The van der Waals surface area contributed by atoms with Crippen LogP contribution >= 0.6 is 21.6 Å². The van der Waals surface area contributed by atoms with Crippen LogP contribution in [0.25, 0.3) is 0 Å². The Morgan fingerprint density at radius 1 is 0.750 bits per heavy atom. The summed E-state index contributed by atoms with van der Waals surface area (Å²) in [5.41, 5.74) is 8.59. The normalized spacial score (nSPS) is 18.3. The summed E-state index contributed by atoms with van der Waals surface area (Å²) in [5.74, 6) is 1.39. The molecule has 2 unspecified atom stereocenters. The first-order chi connectivity index (χ1) is 23.4. The van der Waals surface area contributed by atoms with E-state index in [0.29, 0.717) is 19.5 Å². The fourth-order valence-corrected chi connectivity index (χ4v) is 8.18. The number of aromatic hydroxyl groups is 1. The quantitative estimate of drug-likeness (QED) is 0.237. The number of hydrogen-bond donors (Lipinski definition) is 2. The van der Waals surface area contributed by atoms with Gasteiger partial charge in [-0.2, -0.15) is 0 Å². The molecule has 8 nitrogen and oxygen atoms in total. The summed E-state index contributed by atoms with van der Waals surface area (Å²) in [5, 5.41) is 9.84. The molecule has 3 aromatic carbocycles. The molecule has 1 fully saturated rings. The minimum absolute atomic E-state index is 0.0891. The zero-order chi connectivity index (χ0) is 34.0. The van der Waals surface area contributed by atoms with Crippen LogP contribution < -0.4 is 5.73 Å². The van der Waals surface area contributed by atoms with Crippen LogP contribution in [0, 0.1) is 0 Å². The number of benzene rings is 3. The van der Waals surface area contributed by atoms with Gasteiger partial charge in [0.2, 0.25) is 11.8 Å². The molecular weight excluding hydrogens is 643 g/mol. The number of ether oxygens (including phenoxy) is 1. The third kappa shape index (κ3) is 12.4. The first kappa shape index (κ1) is 37.2. The Balaban J connectivity index is 1.69. The van der Waals surface area contributed by atoms with Gasteiger partial charge in [0.05, 0.1) is 0 Å². The van der Waals surface area contributed by atoms with Crippen LogP contribution in [0.4, 0.5) is 4.79 Å². The monoisotopic (exact) mass is 691 g/mol. The lowest BCUT2D eigenvalue weighted by Crippen LogP contribution is -2.58. The number of nitrogens with zero attached hydrogens (tertiary/aromatic N) is 2. The van der Waals surface area contributed by atoms with Crippen molar-refractivity contribution in [3.05, 3.63) is 102 Å². The minimum atomic E-state index is -0.931. The van der Waals surface area contributed by atoms with Gasteiger partial charge in [-0.3, -0.25) is 14.5 Å². The summed E-state index contributed by atoms with van der Waals surface area (Å²) < 4.78 is 5.86. The molecular formula is C38H49N3O5S2. The molecule has 3 amide bonds. The van der Waals surface area contributed by atoms with E-state index < -0.39 is 24.1 Å². The lowest BCUT2D eigenvalue weighted by Gasteiger charge is -2.37. The van der Waals surface area contributed by atoms with Crippen LogP contribution in [-0.4, -0.2) is 69.5 Å². The Morgan fingerprint density at radius 3 is 1.92 bits per heavy atom. The topological polar surface area (TPSA) is 113 Å². The molecule has 0 spiro atoms. The van der Waals surface area contributed by atoms with Crippen molar-refractivity contribution < 1.29 is 24.2 Å². The summed E-state index contributed by atoms with van der Waals surface area (Å²) in [6, 6.07) is 23.9. The van der Waals surface area contributed by atoms with Gasteiger partial charge < -0.3 is 20.5 Å². The zero-order valence-electron chi connectivity index (χ0n) is 27.7. The second-order valence-electron chi connectivity index (χ2n) is 12.2. The molecule has 1 saturated heterocycles. The van der Waals surface area contributed by atoms with Crippen LogP contribution in [0.1, 0.15) is 68.1 Å². The van der Waals surface area contributed by atoms with Crippen LogP contribution in [0.5, 0.6) is 5.75 Å². The lowest BCUT2D eigenvalue weighted by molar-refractivity contribution is -0.143. The predicted molar refractivity (Wildman–Crippen MR) is 196 cm³/mol. The summed E-state index contributed by atoms with van der Waals surface area (Å²) >= 11 is 0. The number of primary amides is 1. The third-order valence-corrected chi connectivity index (χ3v) is 11.1. The minimum Gasteiger partial charge on any atom is -0.508 e. The van der Waals surface area contributed by atoms with E-state index in [4.69, 9.17) is 10.5 Å². The van der Waals surface area contributed by atoms with Crippen molar-refractivity contribution in [1.29, 1.82) is 0 Å². The Hall–Kier alpha value is -3.63. The van der Waals surface area contributed by atoms with Gasteiger partial charge in [-0.05, 0) is 54.5 Å². The summed E-state index contributed by atoms with van der Waals surface area (Å²) in [6.07, 6.45) is 7.46. The van der Waals surface area contributed by atoms with Gasteiger partial charge in [0.25, 0.3) is 0 Å². The molecule has 0 bridgehead atoms.